The molecule has 3 N–H and O–H groups in total. The summed E-state index contributed by atoms with van der Waals surface area (Å²) in [5.74, 6) is 0. The average Bonchev–Trinajstić information content (AvgIpc) is 2.40. The first-order chi connectivity index (χ1) is 10.2. The number of aliphatic hydroxyl groups excluding tert-OH is 1. The van der Waals surface area contributed by atoms with Gasteiger partial charge in [-0.15, -0.1) is 0 Å². The third kappa shape index (κ3) is 5.90. The Morgan fingerprint density at radius 3 is 2.68 bits per heavy atom. The van der Waals surface area contributed by atoms with E-state index in [9.17, 15) is 23.1 Å². The van der Waals surface area contributed by atoms with E-state index in [0.29, 0.717) is 5.56 Å². The zero-order valence-electron chi connectivity index (χ0n) is 12.3. The highest BCUT2D eigenvalue weighted by Gasteiger charge is 2.30. The molecule has 8 heteroatoms. The summed E-state index contributed by atoms with van der Waals surface area (Å²) in [5, 5.41) is 14.2. The van der Waals surface area contributed by atoms with Crippen LogP contribution in [0, 0.1) is 6.92 Å². The third-order valence-corrected chi connectivity index (χ3v) is 2.94. The Labute approximate surface area is 126 Å². The van der Waals surface area contributed by atoms with Gasteiger partial charge in [-0.05, 0) is 31.0 Å². The molecule has 1 unspecified atom stereocenters. The molecule has 0 heterocycles. The van der Waals surface area contributed by atoms with E-state index in [0.717, 1.165) is 12.1 Å². The van der Waals surface area contributed by atoms with E-state index in [1.165, 1.54) is 13.2 Å². The Bertz CT molecular complexity index is 507. The van der Waals surface area contributed by atoms with Gasteiger partial charge < -0.3 is 20.5 Å². The number of anilines is 1. The van der Waals surface area contributed by atoms with Crippen LogP contribution < -0.4 is 10.6 Å². The second-order valence-electron chi connectivity index (χ2n) is 4.81. The number of methoxy groups -OCH3 is 1. The Balaban J connectivity index is 2.57. The fourth-order valence-electron chi connectivity index (χ4n) is 1.73. The van der Waals surface area contributed by atoms with Crippen LogP contribution in [0.15, 0.2) is 18.2 Å². The quantitative estimate of drug-likeness (QED) is 0.754. The molecule has 124 valence electrons. The van der Waals surface area contributed by atoms with Crippen molar-refractivity contribution in [3.8, 4) is 0 Å². The summed E-state index contributed by atoms with van der Waals surface area (Å²) in [7, 11) is 1.44. The van der Waals surface area contributed by atoms with Crippen molar-refractivity contribution in [3.63, 3.8) is 0 Å². The summed E-state index contributed by atoms with van der Waals surface area (Å²) in [6, 6.07) is 2.50. The lowest BCUT2D eigenvalue weighted by Gasteiger charge is -2.14. The van der Waals surface area contributed by atoms with Crippen LogP contribution >= 0.6 is 0 Å². The molecule has 0 radical (unpaired) electrons. The SMILES string of the molecule is COCC(O)CCNC(=O)Nc1cc(C(F)(F)F)ccc1C. The number of nitrogens with one attached hydrogen (secondary N) is 2. The highest BCUT2D eigenvalue weighted by molar-refractivity contribution is 5.90. The molecular formula is C14H19F3N2O3. The molecule has 0 aliphatic heterocycles. The molecule has 0 aliphatic carbocycles. The van der Waals surface area contributed by atoms with Crippen LogP contribution in [0.4, 0.5) is 23.7 Å². The summed E-state index contributed by atoms with van der Waals surface area (Å²) in [5.41, 5.74) is -0.226. The van der Waals surface area contributed by atoms with Gasteiger partial charge in [-0.1, -0.05) is 6.07 Å². The monoisotopic (exact) mass is 320 g/mol. The lowest BCUT2D eigenvalue weighted by atomic mass is 10.1. The minimum Gasteiger partial charge on any atom is -0.391 e. The standard InChI is InChI=1S/C14H19F3N2O3/c1-9-3-4-10(14(15,16)17)7-12(9)19-13(21)18-6-5-11(20)8-22-2/h3-4,7,11,20H,5-6,8H2,1-2H3,(H2,18,19,21). The molecule has 0 saturated carbocycles. The Morgan fingerprint density at radius 1 is 1.41 bits per heavy atom. The maximum atomic E-state index is 12.6. The van der Waals surface area contributed by atoms with E-state index in [1.54, 1.807) is 6.92 Å². The predicted octanol–water partition coefficient (Wildman–Crippen LogP) is 2.53. The van der Waals surface area contributed by atoms with Crippen molar-refractivity contribution in [2.75, 3.05) is 25.6 Å². The van der Waals surface area contributed by atoms with Crippen LogP contribution in [0.1, 0.15) is 17.5 Å². The van der Waals surface area contributed by atoms with Gasteiger partial charge in [-0.3, -0.25) is 0 Å². The largest absolute Gasteiger partial charge is 0.416 e. The molecule has 1 atom stereocenters. The van der Waals surface area contributed by atoms with Crippen molar-refractivity contribution in [1.82, 2.24) is 5.32 Å². The first-order valence-electron chi connectivity index (χ1n) is 6.63. The van der Waals surface area contributed by atoms with Gasteiger partial charge in [0.15, 0.2) is 0 Å². The zero-order chi connectivity index (χ0) is 16.8. The van der Waals surface area contributed by atoms with Crippen molar-refractivity contribution in [3.05, 3.63) is 29.3 Å². The summed E-state index contributed by atoms with van der Waals surface area (Å²) in [6.45, 7) is 1.92. The van der Waals surface area contributed by atoms with Gasteiger partial charge in [0.2, 0.25) is 0 Å². The Morgan fingerprint density at radius 2 is 2.09 bits per heavy atom. The molecule has 0 saturated heterocycles. The van der Waals surface area contributed by atoms with E-state index in [1.807, 2.05) is 0 Å². The van der Waals surface area contributed by atoms with Crippen LogP contribution in [-0.4, -0.2) is 37.5 Å². The lowest BCUT2D eigenvalue weighted by molar-refractivity contribution is -0.137. The van der Waals surface area contributed by atoms with Gasteiger partial charge in [0.05, 0.1) is 18.3 Å². The van der Waals surface area contributed by atoms with Crippen molar-refractivity contribution in [2.24, 2.45) is 0 Å². The third-order valence-electron chi connectivity index (χ3n) is 2.94. The minimum atomic E-state index is -4.47. The second-order valence-corrected chi connectivity index (χ2v) is 4.81. The van der Waals surface area contributed by atoms with Gasteiger partial charge in [0.25, 0.3) is 0 Å². The smallest absolute Gasteiger partial charge is 0.391 e. The maximum Gasteiger partial charge on any atom is 0.416 e. The maximum absolute atomic E-state index is 12.6. The first kappa shape index (κ1) is 18.2. The molecule has 0 spiro atoms. The molecule has 0 fully saturated rings. The minimum absolute atomic E-state index is 0.0877. The highest BCUT2D eigenvalue weighted by Crippen LogP contribution is 2.31. The van der Waals surface area contributed by atoms with Crippen molar-refractivity contribution in [1.29, 1.82) is 0 Å². The van der Waals surface area contributed by atoms with Gasteiger partial charge in [0, 0.05) is 19.3 Å². The number of ether oxygens (including phenoxy) is 1. The fraction of sp³-hybridized carbons (Fsp3) is 0.500. The topological polar surface area (TPSA) is 70.6 Å². The van der Waals surface area contributed by atoms with Crippen molar-refractivity contribution < 1.29 is 27.8 Å². The molecule has 0 aliphatic rings. The molecular weight excluding hydrogens is 301 g/mol. The van der Waals surface area contributed by atoms with Gasteiger partial charge in [-0.25, -0.2) is 4.79 Å². The molecule has 5 nitrogen and oxygen atoms in total. The van der Waals surface area contributed by atoms with Crippen LogP contribution in [-0.2, 0) is 10.9 Å². The number of carbonyl (C=O) groups excluding carboxylic acids is 1. The van der Waals surface area contributed by atoms with Crippen molar-refractivity contribution >= 4 is 11.7 Å². The molecule has 1 aromatic carbocycles. The number of amides is 2. The number of hydrogen-bond donors (Lipinski definition) is 3. The van der Waals surface area contributed by atoms with Crippen LogP contribution in [0.2, 0.25) is 0 Å². The van der Waals surface area contributed by atoms with Gasteiger partial charge >= 0.3 is 12.2 Å². The number of aryl methyl sites for hydroxylation is 1. The Hall–Kier alpha value is -1.80. The number of urea groups is 1. The number of carbonyl (C=O) groups is 1. The van der Waals surface area contributed by atoms with Crippen LogP contribution in [0.3, 0.4) is 0 Å². The van der Waals surface area contributed by atoms with E-state index in [2.05, 4.69) is 10.6 Å². The summed E-state index contributed by atoms with van der Waals surface area (Å²) < 4.78 is 42.6. The number of halogens is 3. The number of aliphatic hydroxyl groups is 1. The van der Waals surface area contributed by atoms with E-state index in [4.69, 9.17) is 4.74 Å². The molecule has 22 heavy (non-hydrogen) atoms. The second kappa shape index (κ2) is 8.00. The van der Waals surface area contributed by atoms with Crippen LogP contribution in [0.5, 0.6) is 0 Å². The average molecular weight is 320 g/mol. The fourth-order valence-corrected chi connectivity index (χ4v) is 1.73. The predicted molar refractivity (Wildman–Crippen MR) is 75.7 cm³/mol. The van der Waals surface area contributed by atoms with Gasteiger partial charge in [0.1, 0.15) is 0 Å². The van der Waals surface area contributed by atoms with Crippen LogP contribution in [0.25, 0.3) is 0 Å². The number of rotatable bonds is 6. The van der Waals surface area contributed by atoms with Gasteiger partial charge in [-0.2, -0.15) is 13.2 Å². The van der Waals surface area contributed by atoms with E-state index < -0.39 is 23.9 Å². The molecule has 0 bridgehead atoms. The summed E-state index contributed by atoms with van der Waals surface area (Å²) >= 11 is 0. The Kier molecular flexibility index (Phi) is 6.63. The molecule has 1 rings (SSSR count). The van der Waals surface area contributed by atoms with Crippen molar-refractivity contribution in [2.45, 2.75) is 25.6 Å². The molecule has 0 aromatic heterocycles. The first-order valence-corrected chi connectivity index (χ1v) is 6.63. The molecule has 1 aromatic rings. The number of benzene rings is 1. The molecule has 2 amide bonds. The lowest BCUT2D eigenvalue weighted by Crippen LogP contribution is -2.32. The zero-order valence-corrected chi connectivity index (χ0v) is 12.3. The summed E-state index contributed by atoms with van der Waals surface area (Å²) in [4.78, 5) is 11.6. The highest BCUT2D eigenvalue weighted by atomic mass is 19.4. The number of alkyl halides is 3. The number of hydrogen-bond acceptors (Lipinski definition) is 3. The van der Waals surface area contributed by atoms with E-state index in [-0.39, 0.29) is 25.3 Å². The van der Waals surface area contributed by atoms with E-state index >= 15 is 0 Å². The normalized spacial score (nSPS) is 12.8. The summed E-state index contributed by atoms with van der Waals surface area (Å²) in [6.07, 6.45) is -4.89.